The third-order valence-electron chi connectivity index (χ3n) is 2.32. The van der Waals surface area contributed by atoms with Crippen LogP contribution in [-0.4, -0.2) is 20.0 Å². The van der Waals surface area contributed by atoms with Crippen LogP contribution >= 0.6 is 0 Å². The van der Waals surface area contributed by atoms with E-state index in [1.165, 1.54) is 6.92 Å². The Hall–Kier alpha value is -1.16. The maximum absolute atomic E-state index is 11.8. The van der Waals surface area contributed by atoms with E-state index < -0.39 is 9.84 Å². The fourth-order valence-corrected chi connectivity index (χ4v) is 2.69. The smallest absolute Gasteiger partial charge is 0.178 e. The lowest BCUT2D eigenvalue weighted by atomic mass is 10.2. The van der Waals surface area contributed by atoms with Gasteiger partial charge in [0.2, 0.25) is 0 Å². The molecule has 0 unspecified atom stereocenters. The van der Waals surface area contributed by atoms with E-state index in [1.807, 2.05) is 6.92 Å². The largest absolute Gasteiger partial charge is 0.300 e. The van der Waals surface area contributed by atoms with Gasteiger partial charge in [0, 0.05) is 6.42 Å². The molecule has 3 nitrogen and oxygen atoms in total. The van der Waals surface area contributed by atoms with Gasteiger partial charge in [-0.1, -0.05) is 17.7 Å². The van der Waals surface area contributed by atoms with Crippen LogP contribution in [0.3, 0.4) is 0 Å². The molecule has 0 aliphatic rings. The van der Waals surface area contributed by atoms with Gasteiger partial charge in [-0.2, -0.15) is 0 Å². The van der Waals surface area contributed by atoms with E-state index in [4.69, 9.17) is 0 Å². The first-order chi connectivity index (χ1) is 7.42. The fraction of sp³-hybridized carbons (Fsp3) is 0.417. The highest BCUT2D eigenvalue weighted by atomic mass is 32.2. The van der Waals surface area contributed by atoms with Gasteiger partial charge in [-0.15, -0.1) is 0 Å². The Bertz CT molecular complexity index is 458. The molecule has 0 amide bonds. The molecule has 1 aromatic rings. The van der Waals surface area contributed by atoms with Crippen molar-refractivity contribution in [1.29, 1.82) is 0 Å². The number of hydrogen-bond acceptors (Lipinski definition) is 3. The van der Waals surface area contributed by atoms with Crippen LogP contribution < -0.4 is 0 Å². The van der Waals surface area contributed by atoms with E-state index in [0.29, 0.717) is 17.7 Å². The molecule has 1 aromatic carbocycles. The van der Waals surface area contributed by atoms with Crippen LogP contribution in [-0.2, 0) is 14.6 Å². The molecular weight excluding hydrogens is 224 g/mol. The molecule has 1 rings (SSSR count). The van der Waals surface area contributed by atoms with Crippen molar-refractivity contribution in [3.63, 3.8) is 0 Å². The Labute approximate surface area is 96.4 Å². The monoisotopic (exact) mass is 240 g/mol. The van der Waals surface area contributed by atoms with Crippen molar-refractivity contribution in [2.45, 2.75) is 31.6 Å². The molecule has 0 N–H and O–H groups in total. The third-order valence-corrected chi connectivity index (χ3v) is 4.14. The molecule has 0 heterocycles. The molecule has 4 heteroatoms. The first-order valence-electron chi connectivity index (χ1n) is 5.21. The van der Waals surface area contributed by atoms with Gasteiger partial charge >= 0.3 is 0 Å². The number of carbonyl (C=O) groups is 1. The molecule has 0 aliphatic carbocycles. The topological polar surface area (TPSA) is 51.2 Å². The Kier molecular flexibility index (Phi) is 4.24. The van der Waals surface area contributed by atoms with Crippen LogP contribution in [0.4, 0.5) is 0 Å². The summed E-state index contributed by atoms with van der Waals surface area (Å²) < 4.78 is 23.6. The second kappa shape index (κ2) is 5.25. The lowest BCUT2D eigenvalue weighted by Gasteiger charge is -2.03. The highest BCUT2D eigenvalue weighted by Crippen LogP contribution is 2.13. The van der Waals surface area contributed by atoms with Crippen LogP contribution in [0.5, 0.6) is 0 Å². The molecule has 0 radical (unpaired) electrons. The molecule has 0 aliphatic heterocycles. The summed E-state index contributed by atoms with van der Waals surface area (Å²) in [6.45, 7) is 3.38. The SMILES string of the molecule is CC(=O)CCCS(=O)(=O)c1ccc(C)cc1. The second-order valence-electron chi connectivity index (χ2n) is 3.94. The maximum atomic E-state index is 11.8. The Morgan fingerprint density at radius 1 is 1.19 bits per heavy atom. The summed E-state index contributed by atoms with van der Waals surface area (Å²) >= 11 is 0. The molecule has 0 bridgehead atoms. The summed E-state index contributed by atoms with van der Waals surface area (Å²) in [5.74, 6) is 0.0643. The zero-order valence-corrected chi connectivity index (χ0v) is 10.4. The second-order valence-corrected chi connectivity index (χ2v) is 6.05. The standard InChI is InChI=1S/C12H16O3S/c1-10-5-7-12(8-6-10)16(14,15)9-3-4-11(2)13/h5-8H,3-4,9H2,1-2H3. The minimum absolute atomic E-state index is 0.0270. The maximum Gasteiger partial charge on any atom is 0.178 e. The number of carbonyl (C=O) groups excluding carboxylic acids is 1. The third kappa shape index (κ3) is 3.77. The molecule has 0 spiro atoms. The summed E-state index contributed by atoms with van der Waals surface area (Å²) in [4.78, 5) is 11.1. The van der Waals surface area contributed by atoms with E-state index in [-0.39, 0.29) is 11.5 Å². The van der Waals surface area contributed by atoms with E-state index in [9.17, 15) is 13.2 Å². The molecule has 0 atom stereocenters. The highest BCUT2D eigenvalue weighted by Gasteiger charge is 2.13. The van der Waals surface area contributed by atoms with Gasteiger partial charge in [0.05, 0.1) is 10.6 Å². The molecular formula is C12H16O3S. The van der Waals surface area contributed by atoms with Crippen molar-refractivity contribution in [1.82, 2.24) is 0 Å². The van der Waals surface area contributed by atoms with Crippen LogP contribution in [0.15, 0.2) is 29.2 Å². The van der Waals surface area contributed by atoms with E-state index >= 15 is 0 Å². The van der Waals surface area contributed by atoms with Gasteiger partial charge in [0.15, 0.2) is 9.84 Å². The summed E-state index contributed by atoms with van der Waals surface area (Å²) in [6, 6.07) is 6.77. The van der Waals surface area contributed by atoms with Crippen molar-refractivity contribution in [2.75, 3.05) is 5.75 Å². The number of ketones is 1. The average Bonchev–Trinajstić information content (AvgIpc) is 2.17. The zero-order valence-electron chi connectivity index (χ0n) is 9.56. The van der Waals surface area contributed by atoms with Crippen LogP contribution in [0.2, 0.25) is 0 Å². The van der Waals surface area contributed by atoms with E-state index in [0.717, 1.165) is 5.56 Å². The molecule has 0 saturated carbocycles. The Morgan fingerprint density at radius 2 is 1.75 bits per heavy atom. The Balaban J connectivity index is 2.71. The molecule has 88 valence electrons. The zero-order chi connectivity index (χ0) is 12.2. The van der Waals surface area contributed by atoms with Crippen molar-refractivity contribution in [3.8, 4) is 0 Å². The van der Waals surface area contributed by atoms with Gasteiger partial charge < -0.3 is 4.79 Å². The minimum atomic E-state index is -3.22. The molecule has 16 heavy (non-hydrogen) atoms. The van der Waals surface area contributed by atoms with Crippen molar-refractivity contribution in [3.05, 3.63) is 29.8 Å². The highest BCUT2D eigenvalue weighted by molar-refractivity contribution is 7.91. The van der Waals surface area contributed by atoms with Gasteiger partial charge in [0.25, 0.3) is 0 Å². The number of sulfone groups is 1. The number of aryl methyl sites for hydroxylation is 1. The van der Waals surface area contributed by atoms with Crippen molar-refractivity contribution < 1.29 is 13.2 Å². The van der Waals surface area contributed by atoms with Gasteiger partial charge in [0.1, 0.15) is 5.78 Å². The molecule has 0 aromatic heterocycles. The number of benzene rings is 1. The predicted octanol–water partition coefficient (Wildman–Crippen LogP) is 2.14. The lowest BCUT2D eigenvalue weighted by molar-refractivity contribution is -0.117. The van der Waals surface area contributed by atoms with Gasteiger partial charge in [-0.05, 0) is 32.4 Å². The van der Waals surface area contributed by atoms with Gasteiger partial charge in [-0.25, -0.2) is 8.42 Å². The minimum Gasteiger partial charge on any atom is -0.300 e. The number of rotatable bonds is 5. The van der Waals surface area contributed by atoms with Crippen molar-refractivity contribution >= 4 is 15.6 Å². The predicted molar refractivity (Wildman–Crippen MR) is 63.1 cm³/mol. The summed E-state index contributed by atoms with van der Waals surface area (Å²) in [5.41, 5.74) is 1.03. The summed E-state index contributed by atoms with van der Waals surface area (Å²) in [7, 11) is -3.22. The lowest BCUT2D eigenvalue weighted by Crippen LogP contribution is -2.08. The first-order valence-corrected chi connectivity index (χ1v) is 6.86. The Morgan fingerprint density at radius 3 is 2.25 bits per heavy atom. The van der Waals surface area contributed by atoms with E-state index in [1.54, 1.807) is 24.3 Å². The average molecular weight is 240 g/mol. The van der Waals surface area contributed by atoms with Gasteiger partial charge in [-0.3, -0.25) is 0 Å². The fourth-order valence-electron chi connectivity index (χ4n) is 1.37. The van der Waals surface area contributed by atoms with E-state index in [2.05, 4.69) is 0 Å². The summed E-state index contributed by atoms with van der Waals surface area (Å²) in [5, 5.41) is 0. The van der Waals surface area contributed by atoms with Crippen LogP contribution in [0.25, 0.3) is 0 Å². The first kappa shape index (κ1) is 12.9. The van der Waals surface area contributed by atoms with Crippen LogP contribution in [0, 0.1) is 6.92 Å². The normalized spacial score (nSPS) is 11.4. The van der Waals surface area contributed by atoms with Crippen LogP contribution in [0.1, 0.15) is 25.3 Å². The summed E-state index contributed by atoms with van der Waals surface area (Å²) in [6.07, 6.45) is 0.719. The molecule has 0 saturated heterocycles. The number of hydrogen-bond donors (Lipinski definition) is 0. The molecule has 0 fully saturated rings. The quantitative estimate of drug-likeness (QED) is 0.792. The van der Waals surface area contributed by atoms with Crippen molar-refractivity contribution in [2.24, 2.45) is 0 Å². The number of Topliss-reactive ketones (excluding diaryl/α,β-unsaturated/α-hetero) is 1.